The van der Waals surface area contributed by atoms with Crippen LogP contribution in [0.5, 0.6) is 0 Å². The Hall–Kier alpha value is -3.10. The fraction of sp³-hybridized carbons (Fsp3) is 0.0667. The quantitative estimate of drug-likeness (QED) is 0.608. The molecule has 124 valence electrons. The molecular weight excluding hydrogens is 328 g/mol. The van der Waals surface area contributed by atoms with Gasteiger partial charge in [-0.05, 0) is 30.3 Å². The van der Waals surface area contributed by atoms with Crippen molar-refractivity contribution in [3.8, 4) is 0 Å². The number of halogens is 4. The lowest BCUT2D eigenvalue weighted by atomic mass is 10.2. The molecule has 0 saturated carbocycles. The van der Waals surface area contributed by atoms with Crippen molar-refractivity contribution in [2.45, 2.75) is 6.18 Å². The third-order valence-electron chi connectivity index (χ3n) is 3.23. The number of rotatable bonds is 2. The summed E-state index contributed by atoms with van der Waals surface area (Å²) in [5, 5.41) is 4.61. The number of nitrogens with one attached hydrogen (secondary N) is 3. The first kappa shape index (κ1) is 15.8. The van der Waals surface area contributed by atoms with Gasteiger partial charge in [-0.25, -0.2) is 9.18 Å². The highest BCUT2D eigenvalue weighted by molar-refractivity contribution is 6.04. The number of hydrogen-bond acceptors (Lipinski definition) is 2. The molecule has 0 spiro atoms. The highest BCUT2D eigenvalue weighted by Crippen LogP contribution is 2.31. The summed E-state index contributed by atoms with van der Waals surface area (Å²) in [6, 6.07) is 4.52. The maximum absolute atomic E-state index is 13.7. The number of carbonyl (C=O) groups excluding carboxylic acids is 1. The second kappa shape index (κ2) is 5.84. The minimum absolute atomic E-state index is 0.322. The molecule has 0 atom stereocenters. The van der Waals surface area contributed by atoms with E-state index in [9.17, 15) is 22.4 Å². The molecule has 0 bridgehead atoms. The smallest absolute Gasteiger partial charge is 0.358 e. The zero-order valence-electron chi connectivity index (χ0n) is 11.9. The van der Waals surface area contributed by atoms with Crippen LogP contribution in [0.2, 0.25) is 0 Å². The largest absolute Gasteiger partial charge is 0.416 e. The lowest BCUT2D eigenvalue weighted by Gasteiger charge is -2.10. The minimum atomic E-state index is -4.66. The number of benzene rings is 1. The fourth-order valence-corrected chi connectivity index (χ4v) is 2.12. The van der Waals surface area contributed by atoms with Crippen molar-refractivity contribution >= 4 is 28.4 Å². The summed E-state index contributed by atoms with van der Waals surface area (Å²) < 4.78 is 51.2. The SMILES string of the molecule is O=C(Nc1ccc(C(F)(F)F)cc1F)Nc1c[nH]c2cccnc12. The second-order valence-electron chi connectivity index (χ2n) is 4.87. The van der Waals surface area contributed by atoms with Gasteiger partial charge in [-0.3, -0.25) is 4.98 Å². The van der Waals surface area contributed by atoms with Crippen LogP contribution in [0.15, 0.2) is 42.7 Å². The predicted octanol–water partition coefficient (Wildman–Crippen LogP) is 4.36. The molecule has 3 rings (SSSR count). The standard InChI is InChI=1S/C15H10F4N4O/c16-9-6-8(15(17,18)19)3-4-10(9)22-14(24)23-12-7-21-11-2-1-5-20-13(11)12/h1-7,21H,(H2,22,23,24). The second-order valence-corrected chi connectivity index (χ2v) is 4.87. The summed E-state index contributed by atoms with van der Waals surface area (Å²) >= 11 is 0. The Balaban J connectivity index is 1.75. The summed E-state index contributed by atoms with van der Waals surface area (Å²) in [5.41, 5.74) is 0.0459. The Kier molecular flexibility index (Phi) is 3.84. The molecule has 0 radical (unpaired) electrons. The Morgan fingerprint density at radius 3 is 2.58 bits per heavy atom. The molecule has 0 fully saturated rings. The maximum Gasteiger partial charge on any atom is 0.416 e. The number of aromatic nitrogens is 2. The van der Waals surface area contributed by atoms with Crippen LogP contribution in [0.1, 0.15) is 5.56 Å². The van der Waals surface area contributed by atoms with E-state index in [4.69, 9.17) is 0 Å². The first-order valence-electron chi connectivity index (χ1n) is 6.71. The average Bonchev–Trinajstić information content (AvgIpc) is 2.91. The predicted molar refractivity (Wildman–Crippen MR) is 80.1 cm³/mol. The first-order valence-corrected chi connectivity index (χ1v) is 6.71. The number of urea groups is 1. The third-order valence-corrected chi connectivity index (χ3v) is 3.23. The number of alkyl halides is 3. The van der Waals surface area contributed by atoms with E-state index < -0.39 is 23.6 Å². The molecule has 0 saturated heterocycles. The molecule has 2 amide bonds. The number of nitrogens with zero attached hydrogens (tertiary/aromatic N) is 1. The van der Waals surface area contributed by atoms with Gasteiger partial charge >= 0.3 is 12.2 Å². The van der Waals surface area contributed by atoms with Crippen LogP contribution in [0.25, 0.3) is 11.0 Å². The molecule has 1 aromatic carbocycles. The van der Waals surface area contributed by atoms with Gasteiger partial charge in [-0.1, -0.05) is 0 Å². The van der Waals surface area contributed by atoms with E-state index in [0.717, 1.165) is 6.07 Å². The number of amides is 2. The van der Waals surface area contributed by atoms with E-state index in [0.29, 0.717) is 28.9 Å². The monoisotopic (exact) mass is 338 g/mol. The molecule has 3 aromatic rings. The maximum atomic E-state index is 13.7. The van der Waals surface area contributed by atoms with Gasteiger partial charge in [0.1, 0.15) is 11.3 Å². The number of pyridine rings is 1. The van der Waals surface area contributed by atoms with Crippen LogP contribution < -0.4 is 10.6 Å². The van der Waals surface area contributed by atoms with Crippen LogP contribution in [-0.4, -0.2) is 16.0 Å². The lowest BCUT2D eigenvalue weighted by Crippen LogP contribution is -2.20. The van der Waals surface area contributed by atoms with Crippen LogP contribution >= 0.6 is 0 Å². The molecule has 0 unspecified atom stereocenters. The van der Waals surface area contributed by atoms with Crippen LogP contribution in [0, 0.1) is 5.82 Å². The van der Waals surface area contributed by atoms with Crippen LogP contribution in [-0.2, 0) is 6.18 Å². The normalized spacial score (nSPS) is 11.5. The molecule has 3 N–H and O–H groups in total. The molecular formula is C15H10F4N4O. The molecule has 2 heterocycles. The Morgan fingerprint density at radius 1 is 1.12 bits per heavy atom. The zero-order valence-corrected chi connectivity index (χ0v) is 11.9. The number of fused-ring (bicyclic) bond motifs is 1. The topological polar surface area (TPSA) is 69.8 Å². The van der Waals surface area contributed by atoms with E-state index in [1.165, 1.54) is 12.4 Å². The molecule has 0 aliphatic heterocycles. The first-order chi connectivity index (χ1) is 11.3. The van der Waals surface area contributed by atoms with Gasteiger partial charge in [0.2, 0.25) is 0 Å². The lowest BCUT2D eigenvalue weighted by molar-refractivity contribution is -0.137. The number of anilines is 2. The highest BCUT2D eigenvalue weighted by atomic mass is 19.4. The van der Waals surface area contributed by atoms with Crippen molar-refractivity contribution in [1.29, 1.82) is 0 Å². The Labute approximate surface area is 132 Å². The summed E-state index contributed by atoms with van der Waals surface area (Å²) in [6.07, 6.45) is -1.62. The number of H-pyrrole nitrogens is 1. The fourth-order valence-electron chi connectivity index (χ4n) is 2.12. The van der Waals surface area contributed by atoms with E-state index in [-0.39, 0.29) is 5.69 Å². The van der Waals surface area contributed by atoms with Crippen molar-refractivity contribution in [3.05, 3.63) is 54.1 Å². The van der Waals surface area contributed by atoms with Gasteiger partial charge in [0.25, 0.3) is 0 Å². The molecule has 0 aliphatic carbocycles. The van der Waals surface area contributed by atoms with Gasteiger partial charge in [0.05, 0.1) is 22.5 Å². The van der Waals surface area contributed by atoms with Crippen LogP contribution in [0.4, 0.5) is 33.7 Å². The number of hydrogen-bond donors (Lipinski definition) is 3. The number of aromatic amines is 1. The van der Waals surface area contributed by atoms with Crippen molar-refractivity contribution in [3.63, 3.8) is 0 Å². The molecule has 5 nitrogen and oxygen atoms in total. The average molecular weight is 338 g/mol. The van der Waals surface area contributed by atoms with Crippen molar-refractivity contribution in [1.82, 2.24) is 9.97 Å². The summed E-state index contributed by atoms with van der Waals surface area (Å²) in [5.74, 6) is -1.18. The molecule has 9 heteroatoms. The summed E-state index contributed by atoms with van der Waals surface area (Å²) in [6.45, 7) is 0. The van der Waals surface area contributed by atoms with Gasteiger partial charge in [-0.15, -0.1) is 0 Å². The van der Waals surface area contributed by atoms with Crippen molar-refractivity contribution in [2.75, 3.05) is 10.6 Å². The van der Waals surface area contributed by atoms with E-state index >= 15 is 0 Å². The number of carbonyl (C=O) groups is 1. The van der Waals surface area contributed by atoms with Gasteiger partial charge in [-0.2, -0.15) is 13.2 Å². The summed E-state index contributed by atoms with van der Waals surface area (Å²) in [4.78, 5) is 18.9. The van der Waals surface area contributed by atoms with Gasteiger partial charge < -0.3 is 15.6 Å². The highest BCUT2D eigenvalue weighted by Gasteiger charge is 2.31. The van der Waals surface area contributed by atoms with Gasteiger partial charge in [0.15, 0.2) is 0 Å². The molecule has 2 aromatic heterocycles. The zero-order chi connectivity index (χ0) is 17.3. The Morgan fingerprint density at radius 2 is 1.88 bits per heavy atom. The summed E-state index contributed by atoms with van der Waals surface area (Å²) in [7, 11) is 0. The van der Waals surface area contributed by atoms with E-state index in [1.807, 2.05) is 0 Å². The minimum Gasteiger partial charge on any atom is -0.358 e. The Bertz CT molecular complexity index is 904. The van der Waals surface area contributed by atoms with Crippen molar-refractivity contribution < 1.29 is 22.4 Å². The van der Waals surface area contributed by atoms with Crippen molar-refractivity contribution in [2.24, 2.45) is 0 Å². The van der Waals surface area contributed by atoms with Crippen LogP contribution in [0.3, 0.4) is 0 Å². The third kappa shape index (κ3) is 3.14. The van der Waals surface area contributed by atoms with E-state index in [2.05, 4.69) is 20.6 Å². The van der Waals surface area contributed by atoms with Gasteiger partial charge in [0, 0.05) is 12.4 Å². The molecule has 24 heavy (non-hydrogen) atoms. The molecule has 0 aliphatic rings. The van der Waals surface area contributed by atoms with E-state index in [1.54, 1.807) is 12.1 Å².